The highest BCUT2D eigenvalue weighted by atomic mass is 32.2. The van der Waals surface area contributed by atoms with E-state index in [0.717, 1.165) is 30.7 Å². The summed E-state index contributed by atoms with van der Waals surface area (Å²) in [5.41, 5.74) is 2.08. The van der Waals surface area contributed by atoms with Crippen molar-refractivity contribution < 1.29 is 22.7 Å². The summed E-state index contributed by atoms with van der Waals surface area (Å²) in [6, 6.07) is 7.78. The SMILES string of the molecule is Cc1cc(C)n(CCC(=O)OCC(=O)Nc2cccc(S(=O)(=O)NC3=NCCCCC3)c2)n1. The molecular weight excluding hydrogens is 446 g/mol. The average Bonchev–Trinajstić information content (AvgIpc) is 2.92. The maximum absolute atomic E-state index is 12.7. The van der Waals surface area contributed by atoms with Crippen molar-refractivity contribution in [2.75, 3.05) is 18.5 Å². The second-order valence-corrected chi connectivity index (χ2v) is 9.56. The summed E-state index contributed by atoms with van der Waals surface area (Å²) in [5.74, 6) is -0.637. The summed E-state index contributed by atoms with van der Waals surface area (Å²) < 4.78 is 34.7. The van der Waals surface area contributed by atoms with Crippen LogP contribution in [0.25, 0.3) is 0 Å². The van der Waals surface area contributed by atoms with Gasteiger partial charge in [-0.3, -0.25) is 24.0 Å². The number of hydrogen-bond donors (Lipinski definition) is 2. The minimum atomic E-state index is -3.82. The highest BCUT2D eigenvalue weighted by Gasteiger charge is 2.18. The molecule has 10 nitrogen and oxygen atoms in total. The van der Waals surface area contributed by atoms with E-state index in [9.17, 15) is 18.0 Å². The number of aromatic nitrogens is 2. The van der Waals surface area contributed by atoms with E-state index < -0.39 is 28.5 Å². The van der Waals surface area contributed by atoms with E-state index >= 15 is 0 Å². The molecule has 2 N–H and O–H groups in total. The van der Waals surface area contributed by atoms with Crippen molar-refractivity contribution in [3.05, 3.63) is 41.7 Å². The van der Waals surface area contributed by atoms with E-state index in [4.69, 9.17) is 4.74 Å². The summed E-state index contributed by atoms with van der Waals surface area (Å²) in [6.45, 7) is 4.26. The zero-order valence-electron chi connectivity index (χ0n) is 18.8. The fourth-order valence-corrected chi connectivity index (χ4v) is 4.56. The fraction of sp³-hybridized carbons (Fsp3) is 0.455. The largest absolute Gasteiger partial charge is 0.456 e. The quantitative estimate of drug-likeness (QED) is 0.563. The second-order valence-electron chi connectivity index (χ2n) is 7.88. The van der Waals surface area contributed by atoms with Gasteiger partial charge in [0.05, 0.1) is 23.6 Å². The molecule has 0 saturated carbocycles. The number of anilines is 1. The van der Waals surface area contributed by atoms with Crippen LogP contribution in [0.15, 0.2) is 40.2 Å². The molecule has 0 bridgehead atoms. The predicted octanol–water partition coefficient (Wildman–Crippen LogP) is 2.32. The number of hydrogen-bond acceptors (Lipinski definition) is 7. The van der Waals surface area contributed by atoms with E-state index in [1.54, 1.807) is 10.7 Å². The second kappa shape index (κ2) is 11.1. The van der Waals surface area contributed by atoms with Crippen LogP contribution < -0.4 is 10.0 Å². The van der Waals surface area contributed by atoms with Gasteiger partial charge in [0.15, 0.2) is 6.61 Å². The molecule has 178 valence electrons. The zero-order chi connectivity index (χ0) is 23.8. The van der Waals surface area contributed by atoms with Gasteiger partial charge in [-0.15, -0.1) is 0 Å². The molecule has 0 aliphatic carbocycles. The number of ether oxygens (including phenoxy) is 1. The number of aliphatic imine (C=N–C) groups is 1. The van der Waals surface area contributed by atoms with Crippen molar-refractivity contribution in [3.63, 3.8) is 0 Å². The molecule has 3 rings (SSSR count). The van der Waals surface area contributed by atoms with Gasteiger partial charge in [0.1, 0.15) is 5.84 Å². The third kappa shape index (κ3) is 7.41. The van der Waals surface area contributed by atoms with Crippen LogP contribution >= 0.6 is 0 Å². The van der Waals surface area contributed by atoms with Crippen LogP contribution in [0.4, 0.5) is 5.69 Å². The van der Waals surface area contributed by atoms with Gasteiger partial charge in [-0.2, -0.15) is 5.10 Å². The van der Waals surface area contributed by atoms with Crippen molar-refractivity contribution in [1.82, 2.24) is 14.5 Å². The summed E-state index contributed by atoms with van der Waals surface area (Å²) in [7, 11) is -3.82. The van der Waals surface area contributed by atoms with Gasteiger partial charge >= 0.3 is 5.97 Å². The van der Waals surface area contributed by atoms with Crippen LogP contribution in [-0.2, 0) is 30.9 Å². The van der Waals surface area contributed by atoms with E-state index in [0.29, 0.717) is 25.3 Å². The number of nitrogens with one attached hydrogen (secondary N) is 2. The number of carbonyl (C=O) groups excluding carboxylic acids is 2. The third-order valence-electron chi connectivity index (χ3n) is 5.05. The molecule has 1 aromatic carbocycles. The van der Waals surface area contributed by atoms with Crippen molar-refractivity contribution in [2.45, 2.75) is 57.4 Å². The molecule has 0 spiro atoms. The maximum Gasteiger partial charge on any atom is 0.308 e. The third-order valence-corrected chi connectivity index (χ3v) is 6.43. The van der Waals surface area contributed by atoms with Crippen LogP contribution in [-0.4, -0.2) is 49.1 Å². The number of benzene rings is 1. The topological polar surface area (TPSA) is 132 Å². The smallest absolute Gasteiger partial charge is 0.308 e. The number of rotatable bonds is 8. The number of aryl methyl sites for hydroxylation is 3. The minimum absolute atomic E-state index is 0.00845. The lowest BCUT2D eigenvalue weighted by Gasteiger charge is -2.11. The van der Waals surface area contributed by atoms with Gasteiger partial charge in [0, 0.05) is 24.3 Å². The van der Waals surface area contributed by atoms with E-state index in [2.05, 4.69) is 20.1 Å². The Morgan fingerprint density at radius 2 is 1.97 bits per heavy atom. The van der Waals surface area contributed by atoms with Gasteiger partial charge in [0.25, 0.3) is 15.9 Å². The summed E-state index contributed by atoms with van der Waals surface area (Å²) >= 11 is 0. The Morgan fingerprint density at radius 3 is 2.73 bits per heavy atom. The van der Waals surface area contributed by atoms with E-state index in [1.807, 2.05) is 19.9 Å². The number of amides is 1. The normalized spacial score (nSPS) is 14.2. The molecule has 11 heteroatoms. The van der Waals surface area contributed by atoms with Crippen LogP contribution in [0.1, 0.15) is 43.5 Å². The number of amidine groups is 1. The first-order chi connectivity index (χ1) is 15.7. The zero-order valence-corrected chi connectivity index (χ0v) is 19.7. The van der Waals surface area contributed by atoms with Crippen molar-refractivity contribution in [1.29, 1.82) is 0 Å². The lowest BCUT2D eigenvalue weighted by molar-refractivity contribution is -0.147. The molecule has 0 radical (unpaired) electrons. The first-order valence-electron chi connectivity index (χ1n) is 10.9. The molecule has 33 heavy (non-hydrogen) atoms. The Hall–Kier alpha value is -3.21. The molecule has 1 amide bonds. The molecule has 1 aliphatic heterocycles. The molecular formula is C22H29N5O5S. The van der Waals surface area contributed by atoms with Crippen molar-refractivity contribution >= 4 is 33.4 Å². The Labute approximate surface area is 193 Å². The lowest BCUT2D eigenvalue weighted by Crippen LogP contribution is -2.30. The van der Waals surface area contributed by atoms with Crippen molar-refractivity contribution in [3.8, 4) is 0 Å². The minimum Gasteiger partial charge on any atom is -0.456 e. The molecule has 0 atom stereocenters. The standard InChI is InChI=1S/C22H29N5O5S/c1-16-13-17(2)27(25-16)12-10-22(29)32-15-21(28)24-18-7-6-8-19(14-18)33(30,31)26-20-9-4-3-5-11-23-20/h6-8,13-14H,3-5,9-12,15H2,1-2H3,(H,23,26)(H,24,28). The predicted molar refractivity (Wildman–Crippen MR) is 123 cm³/mol. The number of nitrogens with zero attached hydrogens (tertiary/aromatic N) is 3. The van der Waals surface area contributed by atoms with Crippen LogP contribution in [0.5, 0.6) is 0 Å². The highest BCUT2D eigenvalue weighted by molar-refractivity contribution is 7.90. The number of carbonyl (C=O) groups is 2. The summed E-state index contributed by atoms with van der Waals surface area (Å²) in [4.78, 5) is 28.4. The first kappa shape index (κ1) is 24.4. The molecule has 2 aromatic rings. The van der Waals surface area contributed by atoms with Gasteiger partial charge in [-0.25, -0.2) is 8.42 Å². The Bertz CT molecular complexity index is 1140. The molecule has 0 unspecified atom stereocenters. The van der Waals surface area contributed by atoms with Gasteiger partial charge in [-0.1, -0.05) is 12.5 Å². The Kier molecular flexibility index (Phi) is 8.21. The van der Waals surface area contributed by atoms with Crippen LogP contribution in [0, 0.1) is 13.8 Å². The van der Waals surface area contributed by atoms with E-state index in [1.165, 1.54) is 18.2 Å². The summed E-state index contributed by atoms with van der Waals surface area (Å²) in [5, 5.41) is 6.82. The highest BCUT2D eigenvalue weighted by Crippen LogP contribution is 2.16. The maximum atomic E-state index is 12.7. The Morgan fingerprint density at radius 1 is 1.15 bits per heavy atom. The average molecular weight is 476 g/mol. The van der Waals surface area contributed by atoms with Gasteiger partial charge in [-0.05, 0) is 51.0 Å². The number of esters is 1. The van der Waals surface area contributed by atoms with Crippen LogP contribution in [0.2, 0.25) is 0 Å². The van der Waals surface area contributed by atoms with Gasteiger partial charge < -0.3 is 10.1 Å². The molecule has 0 fully saturated rings. The van der Waals surface area contributed by atoms with E-state index in [-0.39, 0.29) is 17.0 Å². The van der Waals surface area contributed by atoms with Crippen molar-refractivity contribution in [2.24, 2.45) is 4.99 Å². The molecule has 0 saturated heterocycles. The van der Waals surface area contributed by atoms with Gasteiger partial charge in [0.2, 0.25) is 0 Å². The first-order valence-corrected chi connectivity index (χ1v) is 12.3. The Balaban J connectivity index is 1.50. The molecule has 2 heterocycles. The van der Waals surface area contributed by atoms with Crippen LogP contribution in [0.3, 0.4) is 0 Å². The number of sulfonamides is 1. The summed E-state index contributed by atoms with van der Waals surface area (Å²) in [6.07, 6.45) is 3.51. The fourth-order valence-electron chi connectivity index (χ4n) is 3.43. The molecule has 1 aromatic heterocycles. The molecule has 1 aliphatic rings. The lowest BCUT2D eigenvalue weighted by atomic mass is 10.2. The monoisotopic (exact) mass is 475 g/mol.